The maximum atomic E-state index is 17.1. The number of hydrogen-bond donors (Lipinski definition) is 2. The normalized spacial score (nSPS) is 49.6. The highest BCUT2D eigenvalue weighted by Crippen LogP contribution is 2.71. The molecule has 6 nitrogen and oxygen atoms in total. The summed E-state index contributed by atoms with van der Waals surface area (Å²) in [5, 5.41) is 21.0. The van der Waals surface area contributed by atoms with Gasteiger partial charge >= 0.3 is 5.97 Å². The highest BCUT2D eigenvalue weighted by molar-refractivity contribution is 6.01. The minimum absolute atomic E-state index is 0.0233. The Morgan fingerprint density at radius 3 is 2.50 bits per heavy atom. The van der Waals surface area contributed by atoms with Gasteiger partial charge in [-0.1, -0.05) is 19.9 Å². The van der Waals surface area contributed by atoms with Crippen LogP contribution < -0.4 is 0 Å². The molecule has 4 rings (SSSR count). The molecule has 0 heterocycles. The van der Waals surface area contributed by atoms with Crippen molar-refractivity contribution in [1.29, 1.82) is 0 Å². The molecule has 0 aliphatic heterocycles. The second-order valence-electron chi connectivity index (χ2n) is 10.4. The van der Waals surface area contributed by atoms with E-state index in [1.807, 2.05) is 0 Å². The van der Waals surface area contributed by atoms with E-state index in [0.717, 1.165) is 13.0 Å². The first-order chi connectivity index (χ1) is 14.8. The maximum absolute atomic E-state index is 17.1. The molecule has 0 bridgehead atoms. The second-order valence-corrected chi connectivity index (χ2v) is 10.4. The summed E-state index contributed by atoms with van der Waals surface area (Å²) in [6.07, 6.45) is 0.273. The van der Waals surface area contributed by atoms with Gasteiger partial charge in [-0.25, -0.2) is 8.78 Å². The van der Waals surface area contributed by atoms with Crippen molar-refractivity contribution in [3.05, 3.63) is 23.8 Å². The van der Waals surface area contributed by atoms with Crippen molar-refractivity contribution in [2.24, 2.45) is 28.6 Å². The van der Waals surface area contributed by atoms with Crippen molar-refractivity contribution in [3.63, 3.8) is 0 Å². The van der Waals surface area contributed by atoms with E-state index < -0.39 is 76.3 Å². The molecule has 0 radical (unpaired) electrons. The van der Waals surface area contributed by atoms with Crippen LogP contribution in [-0.4, -0.2) is 57.9 Å². The van der Waals surface area contributed by atoms with Crippen molar-refractivity contribution >= 4 is 17.5 Å². The molecule has 0 aromatic rings. The fraction of sp³-hybridized carbons (Fsp3) is 0.708. The molecular weight excluding hydrogens is 422 g/mol. The third-order valence-corrected chi connectivity index (χ3v) is 9.03. The molecule has 0 saturated heterocycles. The Kier molecular flexibility index (Phi) is 5.11. The first kappa shape index (κ1) is 23.2. The average molecular weight is 452 g/mol. The molecule has 9 atom stereocenters. The van der Waals surface area contributed by atoms with Crippen molar-refractivity contribution < 1.29 is 38.1 Å². The van der Waals surface area contributed by atoms with Gasteiger partial charge < -0.3 is 14.9 Å². The smallest absolute Gasteiger partial charge is 0.303 e. The fourth-order valence-corrected chi connectivity index (χ4v) is 7.74. The molecule has 3 unspecified atom stereocenters. The number of ketones is 2. The molecule has 4 aliphatic rings. The highest BCUT2D eigenvalue weighted by atomic mass is 19.1. The molecule has 0 aromatic heterocycles. The van der Waals surface area contributed by atoms with Gasteiger partial charge in [0.2, 0.25) is 5.78 Å². The Morgan fingerprint density at radius 2 is 1.91 bits per heavy atom. The Balaban J connectivity index is 1.89. The van der Waals surface area contributed by atoms with Gasteiger partial charge in [-0.2, -0.15) is 0 Å². The summed E-state index contributed by atoms with van der Waals surface area (Å²) in [5.41, 5.74) is -6.74. The van der Waals surface area contributed by atoms with Gasteiger partial charge in [0, 0.05) is 29.6 Å². The van der Waals surface area contributed by atoms with Crippen LogP contribution in [0.3, 0.4) is 0 Å². The van der Waals surface area contributed by atoms with Gasteiger partial charge in [0.25, 0.3) is 0 Å². The molecule has 2 N–H and O–H groups in total. The largest absolute Gasteiger partial charge is 0.450 e. The number of carbonyl (C=O) groups is 3. The van der Waals surface area contributed by atoms with E-state index in [9.17, 15) is 24.6 Å². The van der Waals surface area contributed by atoms with Crippen LogP contribution in [0.15, 0.2) is 23.8 Å². The number of fused-ring (bicyclic) bond motifs is 5. The first-order valence-corrected chi connectivity index (χ1v) is 11.1. The number of aliphatic hydroxyl groups excluding tert-OH is 2. The molecule has 0 aromatic carbocycles. The topological polar surface area (TPSA) is 101 Å². The predicted octanol–water partition coefficient (Wildman–Crippen LogP) is 2.41. The molecule has 0 spiro atoms. The second kappa shape index (κ2) is 7.03. The Morgan fingerprint density at radius 1 is 1.25 bits per heavy atom. The summed E-state index contributed by atoms with van der Waals surface area (Å²) >= 11 is 0. The molecule has 3 saturated carbocycles. The molecular formula is C24H30F2O6. The fourth-order valence-electron chi connectivity index (χ4n) is 7.74. The Hall–Kier alpha value is -1.93. The predicted molar refractivity (Wildman–Crippen MR) is 110 cm³/mol. The lowest BCUT2D eigenvalue weighted by Gasteiger charge is -2.63. The number of carbonyl (C=O) groups excluding carboxylic acids is 3. The third kappa shape index (κ3) is 2.54. The van der Waals surface area contributed by atoms with Crippen LogP contribution in [0.25, 0.3) is 0 Å². The van der Waals surface area contributed by atoms with Crippen LogP contribution in [-0.2, 0) is 19.1 Å². The van der Waals surface area contributed by atoms with E-state index in [1.54, 1.807) is 13.8 Å². The summed E-state index contributed by atoms with van der Waals surface area (Å²) in [6, 6.07) is 0. The number of Topliss-reactive ketones (excluding diaryl/α,β-unsaturated/α-hetero) is 1. The van der Waals surface area contributed by atoms with Gasteiger partial charge in [0.15, 0.2) is 17.1 Å². The van der Waals surface area contributed by atoms with Crippen molar-refractivity contribution in [3.8, 4) is 0 Å². The SMILES string of the molecule is CC(=O)O[C@]1(C(=O)CO)C(C)C[C@H]2[C@@H]3CC(F)C4=CC(=O)C=C[C@]4(C)[C@@]3(F)C(O)C[C@@]21C. The van der Waals surface area contributed by atoms with Crippen LogP contribution in [0.4, 0.5) is 8.78 Å². The summed E-state index contributed by atoms with van der Waals surface area (Å²) in [6.45, 7) is 5.16. The lowest BCUT2D eigenvalue weighted by atomic mass is 9.44. The number of allylic oxidation sites excluding steroid dienone is 4. The summed E-state index contributed by atoms with van der Waals surface area (Å²) in [5.74, 6) is -3.99. The van der Waals surface area contributed by atoms with Crippen LogP contribution >= 0.6 is 0 Å². The van der Waals surface area contributed by atoms with E-state index in [1.165, 1.54) is 19.1 Å². The molecule has 4 aliphatic carbocycles. The first-order valence-electron chi connectivity index (χ1n) is 11.1. The number of hydrogen-bond acceptors (Lipinski definition) is 6. The standard InChI is InChI=1S/C24H30F2O6/c1-12-7-15-16-9-18(25)17-8-14(29)5-6-21(17,3)23(16,26)19(30)10-22(15,4)24(12,20(31)11-27)32-13(2)28/h5-6,8,12,15-16,18-19,27,30H,7,9-11H2,1-4H3/t12?,15-,16-,18?,19?,21-,22-,23-,24-/m0/s1. The number of esters is 1. The van der Waals surface area contributed by atoms with E-state index in [2.05, 4.69) is 0 Å². The number of halogens is 2. The minimum Gasteiger partial charge on any atom is -0.450 e. The van der Waals surface area contributed by atoms with Crippen molar-refractivity contribution in [2.45, 2.75) is 70.5 Å². The zero-order valence-corrected chi connectivity index (χ0v) is 18.7. The molecule has 8 heteroatoms. The monoisotopic (exact) mass is 452 g/mol. The number of alkyl halides is 2. The maximum Gasteiger partial charge on any atom is 0.303 e. The van der Waals surface area contributed by atoms with Crippen LogP contribution in [0.1, 0.15) is 47.0 Å². The van der Waals surface area contributed by atoms with Crippen molar-refractivity contribution in [2.75, 3.05) is 6.61 Å². The van der Waals surface area contributed by atoms with Crippen molar-refractivity contribution in [1.82, 2.24) is 0 Å². The third-order valence-electron chi connectivity index (χ3n) is 9.03. The van der Waals surface area contributed by atoms with Gasteiger partial charge in [0.1, 0.15) is 12.8 Å². The minimum atomic E-state index is -2.28. The van der Waals surface area contributed by atoms with Crippen LogP contribution in [0.5, 0.6) is 0 Å². The van der Waals surface area contributed by atoms with E-state index in [4.69, 9.17) is 4.74 Å². The molecule has 0 amide bonds. The zero-order chi connectivity index (χ0) is 23.9. The lowest BCUT2D eigenvalue weighted by molar-refractivity contribution is -0.231. The van der Waals surface area contributed by atoms with Gasteiger partial charge in [-0.3, -0.25) is 14.4 Å². The number of ether oxygens (including phenoxy) is 1. The van der Waals surface area contributed by atoms with E-state index in [-0.39, 0.29) is 24.8 Å². The average Bonchev–Trinajstić information content (AvgIpc) is 2.92. The molecule has 32 heavy (non-hydrogen) atoms. The van der Waals surface area contributed by atoms with Gasteiger partial charge in [-0.05, 0) is 49.8 Å². The summed E-state index contributed by atoms with van der Waals surface area (Å²) in [7, 11) is 0. The van der Waals surface area contributed by atoms with E-state index in [0.29, 0.717) is 0 Å². The van der Waals surface area contributed by atoms with Crippen LogP contribution in [0, 0.1) is 28.6 Å². The number of rotatable bonds is 3. The summed E-state index contributed by atoms with van der Waals surface area (Å²) in [4.78, 5) is 37.0. The quantitative estimate of drug-likeness (QED) is 0.638. The van der Waals surface area contributed by atoms with Gasteiger partial charge in [-0.15, -0.1) is 0 Å². The Labute approximate surface area is 185 Å². The molecule has 176 valence electrons. The lowest BCUT2D eigenvalue weighted by Crippen LogP contribution is -2.71. The van der Waals surface area contributed by atoms with Crippen LogP contribution in [0.2, 0.25) is 0 Å². The van der Waals surface area contributed by atoms with E-state index >= 15 is 8.78 Å². The highest BCUT2D eigenvalue weighted by Gasteiger charge is 2.77. The zero-order valence-electron chi connectivity index (χ0n) is 18.7. The summed E-state index contributed by atoms with van der Waals surface area (Å²) < 4.78 is 38.1. The Bertz CT molecular complexity index is 945. The molecule has 3 fully saturated rings. The number of aliphatic hydroxyl groups is 2. The van der Waals surface area contributed by atoms with Gasteiger partial charge in [0.05, 0.1) is 6.10 Å².